The molecule has 3 aromatic rings. The van der Waals surface area contributed by atoms with Crippen LogP contribution in [-0.4, -0.2) is 18.2 Å². The lowest BCUT2D eigenvalue weighted by atomic mass is 9.81. The van der Waals surface area contributed by atoms with Gasteiger partial charge in [-0.05, 0) is 64.1 Å². The highest BCUT2D eigenvalue weighted by atomic mass is 19.1. The van der Waals surface area contributed by atoms with Gasteiger partial charge >= 0.3 is 5.97 Å². The Labute approximate surface area is 213 Å². The summed E-state index contributed by atoms with van der Waals surface area (Å²) in [4.78, 5) is 11.2. The van der Waals surface area contributed by atoms with Crippen LogP contribution in [0.15, 0.2) is 60.7 Å². The van der Waals surface area contributed by atoms with Crippen molar-refractivity contribution in [2.24, 2.45) is 0 Å². The Kier molecular flexibility index (Phi) is 8.77. The van der Waals surface area contributed by atoms with Gasteiger partial charge in [-0.15, -0.1) is 5.92 Å². The molecule has 1 unspecified atom stereocenters. The molecule has 0 aromatic heterocycles. The molecule has 0 radical (unpaired) electrons. The molecular formula is C31H33FO4. The van der Waals surface area contributed by atoms with E-state index < -0.39 is 5.97 Å². The summed E-state index contributed by atoms with van der Waals surface area (Å²) in [6, 6.07) is 18.1. The monoisotopic (exact) mass is 488 g/mol. The van der Waals surface area contributed by atoms with Crippen molar-refractivity contribution < 1.29 is 23.8 Å². The molecule has 0 saturated heterocycles. The topological polar surface area (TPSA) is 55.8 Å². The fourth-order valence-electron chi connectivity index (χ4n) is 4.01. The number of hydrogen-bond acceptors (Lipinski definition) is 3. The third-order valence-corrected chi connectivity index (χ3v) is 5.88. The summed E-state index contributed by atoms with van der Waals surface area (Å²) in [6.07, 6.45) is 0.629. The first-order chi connectivity index (χ1) is 17.1. The number of halogens is 1. The molecule has 0 heterocycles. The molecule has 0 bridgehead atoms. The van der Waals surface area contributed by atoms with Gasteiger partial charge in [0.25, 0.3) is 0 Å². The van der Waals surface area contributed by atoms with E-state index in [4.69, 9.17) is 9.47 Å². The van der Waals surface area contributed by atoms with Gasteiger partial charge in [-0.2, -0.15) is 0 Å². The van der Waals surface area contributed by atoms with Crippen molar-refractivity contribution in [2.75, 3.05) is 7.11 Å². The van der Waals surface area contributed by atoms with E-state index >= 15 is 0 Å². The first-order valence-electron chi connectivity index (χ1n) is 12.0. The molecule has 0 saturated carbocycles. The van der Waals surface area contributed by atoms with Crippen LogP contribution in [0.25, 0.3) is 11.1 Å². The minimum Gasteiger partial charge on any atom is -0.497 e. The summed E-state index contributed by atoms with van der Waals surface area (Å²) in [5.74, 6) is 5.72. The highest BCUT2D eigenvalue weighted by Crippen LogP contribution is 2.37. The predicted molar refractivity (Wildman–Crippen MR) is 141 cm³/mol. The van der Waals surface area contributed by atoms with E-state index in [0.29, 0.717) is 30.1 Å². The van der Waals surface area contributed by atoms with Crippen LogP contribution in [0.5, 0.6) is 11.5 Å². The summed E-state index contributed by atoms with van der Waals surface area (Å²) in [5, 5.41) is 9.21. The maximum atomic E-state index is 14.9. The Morgan fingerprint density at radius 2 is 1.69 bits per heavy atom. The van der Waals surface area contributed by atoms with E-state index in [0.717, 1.165) is 22.3 Å². The third kappa shape index (κ3) is 6.88. The van der Waals surface area contributed by atoms with Crippen LogP contribution in [0.4, 0.5) is 4.39 Å². The second-order valence-electron chi connectivity index (χ2n) is 9.66. The lowest BCUT2D eigenvalue weighted by Gasteiger charge is -2.24. The molecule has 1 N–H and O–H groups in total. The molecule has 0 aliphatic heterocycles. The van der Waals surface area contributed by atoms with Gasteiger partial charge in [0, 0.05) is 12.0 Å². The molecule has 3 aromatic carbocycles. The largest absolute Gasteiger partial charge is 0.497 e. The number of aliphatic carboxylic acids is 1. The fraction of sp³-hybridized carbons (Fsp3) is 0.323. The van der Waals surface area contributed by atoms with Crippen LogP contribution in [0.1, 0.15) is 63.1 Å². The van der Waals surface area contributed by atoms with Crippen LogP contribution < -0.4 is 9.47 Å². The molecule has 0 amide bonds. The smallest absolute Gasteiger partial charge is 0.304 e. The third-order valence-electron chi connectivity index (χ3n) is 5.88. The van der Waals surface area contributed by atoms with Crippen LogP contribution in [0, 0.1) is 17.7 Å². The minimum absolute atomic E-state index is 0.0447. The van der Waals surface area contributed by atoms with Crippen molar-refractivity contribution in [3.05, 3.63) is 83.2 Å². The van der Waals surface area contributed by atoms with Crippen LogP contribution in [0.2, 0.25) is 0 Å². The Morgan fingerprint density at radius 3 is 2.31 bits per heavy atom. The fourth-order valence-corrected chi connectivity index (χ4v) is 4.01. The molecule has 36 heavy (non-hydrogen) atoms. The SMILES string of the molecule is CCC#CC(CC(=O)O)c1ccc(OCc2ccc(C(C)(C)C)c(-c3cc(OC)ccc3F)c2)cc1. The van der Waals surface area contributed by atoms with E-state index in [2.05, 4.69) is 32.6 Å². The average Bonchev–Trinajstić information content (AvgIpc) is 2.85. The maximum Gasteiger partial charge on any atom is 0.304 e. The van der Waals surface area contributed by atoms with Crippen LogP contribution in [-0.2, 0) is 16.8 Å². The number of benzene rings is 3. The van der Waals surface area contributed by atoms with Crippen LogP contribution in [0.3, 0.4) is 0 Å². The number of rotatable bonds is 8. The van der Waals surface area contributed by atoms with Gasteiger partial charge in [-0.25, -0.2) is 4.39 Å². The zero-order valence-corrected chi connectivity index (χ0v) is 21.5. The van der Waals surface area contributed by atoms with E-state index in [1.165, 1.54) is 6.07 Å². The van der Waals surface area contributed by atoms with Gasteiger partial charge in [0.05, 0.1) is 19.4 Å². The summed E-state index contributed by atoms with van der Waals surface area (Å²) in [7, 11) is 1.57. The Morgan fingerprint density at radius 1 is 1.00 bits per heavy atom. The van der Waals surface area contributed by atoms with Crippen LogP contribution >= 0.6 is 0 Å². The number of carbonyl (C=O) groups is 1. The number of ether oxygens (including phenoxy) is 2. The molecule has 188 valence electrons. The Balaban J connectivity index is 1.85. The second-order valence-corrected chi connectivity index (χ2v) is 9.66. The van der Waals surface area contributed by atoms with Gasteiger partial charge in [0.15, 0.2) is 0 Å². The van der Waals surface area contributed by atoms with Gasteiger partial charge < -0.3 is 14.6 Å². The van der Waals surface area contributed by atoms with Crippen molar-refractivity contribution >= 4 is 5.97 Å². The maximum absolute atomic E-state index is 14.9. The van der Waals surface area contributed by atoms with Gasteiger partial charge in [0.1, 0.15) is 23.9 Å². The predicted octanol–water partition coefficient (Wildman–Crippen LogP) is 7.35. The number of hydrogen-bond donors (Lipinski definition) is 1. The molecule has 0 aliphatic carbocycles. The van der Waals surface area contributed by atoms with Crippen molar-refractivity contribution in [1.29, 1.82) is 0 Å². The summed E-state index contributed by atoms with van der Waals surface area (Å²) in [6.45, 7) is 8.54. The van der Waals surface area contributed by atoms with Crippen molar-refractivity contribution in [3.8, 4) is 34.5 Å². The van der Waals surface area contributed by atoms with Crippen molar-refractivity contribution in [3.63, 3.8) is 0 Å². The number of carboxylic acids is 1. The second kappa shape index (κ2) is 11.8. The molecule has 3 rings (SSSR count). The zero-order chi connectivity index (χ0) is 26.3. The number of carboxylic acid groups (broad SMARTS) is 1. The van der Waals surface area contributed by atoms with Gasteiger partial charge in [-0.1, -0.05) is 57.9 Å². The first kappa shape index (κ1) is 26.8. The lowest BCUT2D eigenvalue weighted by Crippen LogP contribution is -2.13. The van der Waals surface area contributed by atoms with Crippen molar-refractivity contribution in [2.45, 2.75) is 58.5 Å². The summed E-state index contributed by atoms with van der Waals surface area (Å²) >= 11 is 0. The Bertz CT molecular complexity index is 1260. The minimum atomic E-state index is -0.882. The molecule has 5 heteroatoms. The summed E-state index contributed by atoms with van der Waals surface area (Å²) in [5.41, 5.74) is 3.88. The molecule has 0 fully saturated rings. The molecular weight excluding hydrogens is 455 g/mol. The van der Waals surface area contributed by atoms with E-state index in [1.54, 1.807) is 19.2 Å². The Hall–Kier alpha value is -3.78. The normalized spacial score (nSPS) is 11.8. The number of methoxy groups -OCH3 is 1. The standard InChI is InChI=1S/C31H33FO4/c1-6-7-8-23(18-30(33)34)22-10-12-24(13-11-22)36-20-21-9-15-28(31(2,3)4)26(17-21)27-19-25(35-5)14-16-29(27)32/h9-17,19,23H,6,18,20H2,1-5H3,(H,33,34). The summed E-state index contributed by atoms with van der Waals surface area (Å²) < 4.78 is 26.2. The average molecular weight is 489 g/mol. The highest BCUT2D eigenvalue weighted by molar-refractivity contribution is 5.71. The molecule has 4 nitrogen and oxygen atoms in total. The lowest BCUT2D eigenvalue weighted by molar-refractivity contribution is -0.137. The molecule has 0 aliphatic rings. The molecule has 1 atom stereocenters. The van der Waals surface area contributed by atoms with Crippen molar-refractivity contribution in [1.82, 2.24) is 0 Å². The van der Waals surface area contributed by atoms with E-state index in [1.807, 2.05) is 49.4 Å². The van der Waals surface area contributed by atoms with Gasteiger partial charge in [0.2, 0.25) is 0 Å². The van der Waals surface area contributed by atoms with Gasteiger partial charge in [-0.3, -0.25) is 4.79 Å². The highest BCUT2D eigenvalue weighted by Gasteiger charge is 2.21. The zero-order valence-electron chi connectivity index (χ0n) is 21.5. The quantitative estimate of drug-likeness (QED) is 0.337. The first-order valence-corrected chi connectivity index (χ1v) is 12.0. The molecule has 0 spiro atoms. The van der Waals surface area contributed by atoms with E-state index in [9.17, 15) is 14.3 Å². The van der Waals surface area contributed by atoms with E-state index in [-0.39, 0.29) is 23.6 Å².